The number of nitrogens with two attached hydrogens (primary N) is 1. The zero-order chi connectivity index (χ0) is 11.7. The number of aromatic amines is 1. The van der Waals surface area contributed by atoms with E-state index < -0.39 is 0 Å². The number of ether oxygens (including phenoxy) is 2. The molecule has 0 bridgehead atoms. The van der Waals surface area contributed by atoms with Gasteiger partial charge in [0.05, 0.1) is 18.6 Å². The minimum atomic E-state index is -0.0661. The fourth-order valence-electron chi connectivity index (χ4n) is 2.52. The summed E-state index contributed by atoms with van der Waals surface area (Å²) in [5.74, 6) is 1.55. The van der Waals surface area contributed by atoms with E-state index in [1.807, 2.05) is 6.20 Å². The Kier molecular flexibility index (Phi) is 2.90. The molecule has 5 heteroatoms. The van der Waals surface area contributed by atoms with Crippen molar-refractivity contribution in [2.45, 2.75) is 24.2 Å². The summed E-state index contributed by atoms with van der Waals surface area (Å²) < 4.78 is 10.7. The van der Waals surface area contributed by atoms with Gasteiger partial charge in [0, 0.05) is 37.6 Å². The molecule has 3 rings (SSSR count). The lowest BCUT2D eigenvalue weighted by Crippen LogP contribution is -2.53. The van der Waals surface area contributed by atoms with Gasteiger partial charge in [-0.15, -0.1) is 0 Å². The van der Waals surface area contributed by atoms with Gasteiger partial charge in [0.25, 0.3) is 0 Å². The number of nitrogens with one attached hydrogen (secondary N) is 1. The average Bonchev–Trinajstić information content (AvgIpc) is 2.80. The zero-order valence-corrected chi connectivity index (χ0v) is 9.95. The molecule has 94 valence electrons. The number of hydrogen-bond acceptors (Lipinski definition) is 4. The van der Waals surface area contributed by atoms with E-state index in [1.165, 1.54) is 5.69 Å². The Morgan fingerprint density at radius 2 is 2.12 bits per heavy atom. The van der Waals surface area contributed by atoms with Gasteiger partial charge in [0.15, 0.2) is 0 Å². The van der Waals surface area contributed by atoms with Gasteiger partial charge in [0.2, 0.25) is 0 Å². The molecule has 0 aromatic carbocycles. The minimum absolute atomic E-state index is 0.0661. The molecule has 0 aliphatic carbocycles. The fraction of sp³-hybridized carbons (Fsp3) is 0.750. The molecule has 2 saturated heterocycles. The molecule has 2 aliphatic rings. The predicted molar refractivity (Wildman–Crippen MR) is 62.9 cm³/mol. The third-order valence-corrected chi connectivity index (χ3v) is 3.91. The van der Waals surface area contributed by atoms with Crippen molar-refractivity contribution in [3.8, 4) is 0 Å². The van der Waals surface area contributed by atoms with Crippen molar-refractivity contribution in [1.82, 2.24) is 9.97 Å². The van der Waals surface area contributed by atoms with E-state index >= 15 is 0 Å². The molecule has 0 spiro atoms. The van der Waals surface area contributed by atoms with E-state index in [9.17, 15) is 0 Å². The minimum Gasteiger partial charge on any atom is -0.381 e. The number of H-pyrrole nitrogens is 1. The highest BCUT2D eigenvalue weighted by atomic mass is 16.5. The lowest BCUT2D eigenvalue weighted by molar-refractivity contribution is -0.0590. The largest absolute Gasteiger partial charge is 0.381 e. The van der Waals surface area contributed by atoms with Gasteiger partial charge in [-0.3, -0.25) is 0 Å². The van der Waals surface area contributed by atoms with Crippen LogP contribution in [0.25, 0.3) is 0 Å². The fourth-order valence-corrected chi connectivity index (χ4v) is 2.52. The summed E-state index contributed by atoms with van der Waals surface area (Å²) in [6.45, 7) is 3.66. The first-order valence-corrected chi connectivity index (χ1v) is 6.25. The van der Waals surface area contributed by atoms with Gasteiger partial charge < -0.3 is 20.2 Å². The summed E-state index contributed by atoms with van der Waals surface area (Å²) in [5, 5.41) is 0. The summed E-state index contributed by atoms with van der Waals surface area (Å²) in [6, 6.07) is 0. The van der Waals surface area contributed by atoms with E-state index in [4.69, 9.17) is 15.2 Å². The Morgan fingerprint density at radius 1 is 1.35 bits per heavy atom. The highest BCUT2D eigenvalue weighted by Gasteiger charge is 2.42. The van der Waals surface area contributed by atoms with Gasteiger partial charge in [-0.1, -0.05) is 0 Å². The second-order valence-electron chi connectivity index (χ2n) is 5.05. The van der Waals surface area contributed by atoms with E-state index in [-0.39, 0.29) is 5.41 Å². The van der Waals surface area contributed by atoms with Crippen molar-refractivity contribution in [3.63, 3.8) is 0 Å². The van der Waals surface area contributed by atoms with Crippen molar-refractivity contribution < 1.29 is 9.47 Å². The second kappa shape index (κ2) is 4.40. The van der Waals surface area contributed by atoms with Crippen LogP contribution in [0.15, 0.2) is 6.20 Å². The Morgan fingerprint density at radius 3 is 2.71 bits per heavy atom. The van der Waals surface area contributed by atoms with E-state index in [1.54, 1.807) is 0 Å². The van der Waals surface area contributed by atoms with E-state index in [0.29, 0.717) is 25.7 Å². The Hall–Kier alpha value is -0.910. The highest BCUT2D eigenvalue weighted by molar-refractivity contribution is 5.19. The topological polar surface area (TPSA) is 73.2 Å². The Labute approximate surface area is 101 Å². The van der Waals surface area contributed by atoms with Crippen LogP contribution in [0.3, 0.4) is 0 Å². The van der Waals surface area contributed by atoms with Crippen LogP contribution in [0, 0.1) is 0 Å². The molecule has 2 aliphatic heterocycles. The molecule has 3 N–H and O–H groups in total. The van der Waals surface area contributed by atoms with Gasteiger partial charge in [-0.2, -0.15) is 0 Å². The predicted octanol–water partition coefficient (Wildman–Crippen LogP) is 0.530. The molecule has 5 nitrogen and oxygen atoms in total. The van der Waals surface area contributed by atoms with Crippen molar-refractivity contribution >= 4 is 0 Å². The molecule has 0 saturated carbocycles. The molecule has 0 amide bonds. The molecule has 2 fully saturated rings. The van der Waals surface area contributed by atoms with Crippen molar-refractivity contribution in [1.29, 1.82) is 0 Å². The summed E-state index contributed by atoms with van der Waals surface area (Å²) in [7, 11) is 0. The van der Waals surface area contributed by atoms with Crippen LogP contribution in [0.1, 0.15) is 30.3 Å². The van der Waals surface area contributed by atoms with Crippen LogP contribution < -0.4 is 5.73 Å². The SMILES string of the molecule is NCC1(c2ncc(C3CCOCC3)[nH]2)COC1. The number of rotatable bonds is 3. The number of nitrogens with zero attached hydrogens (tertiary/aromatic N) is 1. The van der Waals surface area contributed by atoms with Crippen LogP contribution in [0.4, 0.5) is 0 Å². The van der Waals surface area contributed by atoms with E-state index in [2.05, 4.69) is 9.97 Å². The summed E-state index contributed by atoms with van der Waals surface area (Å²) in [4.78, 5) is 7.95. The molecule has 1 aromatic rings. The molecule has 17 heavy (non-hydrogen) atoms. The molecule has 0 unspecified atom stereocenters. The van der Waals surface area contributed by atoms with Crippen molar-refractivity contribution in [2.24, 2.45) is 5.73 Å². The van der Waals surface area contributed by atoms with Crippen molar-refractivity contribution in [3.05, 3.63) is 17.7 Å². The standard InChI is InChI=1S/C12H19N3O2/c13-6-12(7-17-8-12)11-14-5-10(15-11)9-1-3-16-4-2-9/h5,9H,1-4,6-8,13H2,(H,14,15). The third kappa shape index (κ3) is 1.88. The molecule has 1 aromatic heterocycles. The normalized spacial score (nSPS) is 24.5. The third-order valence-electron chi connectivity index (χ3n) is 3.91. The van der Waals surface area contributed by atoms with Crippen LogP contribution in [-0.4, -0.2) is 42.9 Å². The Balaban J connectivity index is 1.77. The van der Waals surface area contributed by atoms with Gasteiger partial charge in [-0.05, 0) is 12.8 Å². The molecular formula is C12H19N3O2. The van der Waals surface area contributed by atoms with Gasteiger partial charge >= 0.3 is 0 Å². The first-order chi connectivity index (χ1) is 8.34. The maximum atomic E-state index is 5.83. The lowest BCUT2D eigenvalue weighted by atomic mass is 9.85. The first-order valence-electron chi connectivity index (χ1n) is 6.25. The number of imidazole rings is 1. The summed E-state index contributed by atoms with van der Waals surface area (Å²) in [6.07, 6.45) is 4.11. The number of aromatic nitrogens is 2. The first kappa shape index (κ1) is 11.2. The van der Waals surface area contributed by atoms with Crippen LogP contribution >= 0.6 is 0 Å². The number of hydrogen-bond donors (Lipinski definition) is 2. The Bertz CT molecular complexity index is 375. The smallest absolute Gasteiger partial charge is 0.118 e. The summed E-state index contributed by atoms with van der Waals surface area (Å²) in [5.41, 5.74) is 6.99. The van der Waals surface area contributed by atoms with E-state index in [0.717, 1.165) is 31.9 Å². The van der Waals surface area contributed by atoms with Crippen LogP contribution in [0.5, 0.6) is 0 Å². The second-order valence-corrected chi connectivity index (χ2v) is 5.05. The zero-order valence-electron chi connectivity index (χ0n) is 9.95. The van der Waals surface area contributed by atoms with Crippen molar-refractivity contribution in [2.75, 3.05) is 33.0 Å². The monoisotopic (exact) mass is 237 g/mol. The molecular weight excluding hydrogens is 218 g/mol. The lowest BCUT2D eigenvalue weighted by Gasteiger charge is -2.38. The maximum absolute atomic E-state index is 5.83. The molecule has 3 heterocycles. The highest BCUT2D eigenvalue weighted by Crippen LogP contribution is 2.32. The average molecular weight is 237 g/mol. The molecule has 0 atom stereocenters. The van der Waals surface area contributed by atoms with Crippen LogP contribution in [-0.2, 0) is 14.9 Å². The maximum Gasteiger partial charge on any atom is 0.118 e. The van der Waals surface area contributed by atoms with Gasteiger partial charge in [0.1, 0.15) is 5.82 Å². The van der Waals surface area contributed by atoms with Crippen LogP contribution in [0.2, 0.25) is 0 Å². The summed E-state index contributed by atoms with van der Waals surface area (Å²) >= 11 is 0. The molecule has 0 radical (unpaired) electrons. The van der Waals surface area contributed by atoms with Gasteiger partial charge in [-0.25, -0.2) is 4.98 Å². The quantitative estimate of drug-likeness (QED) is 0.804.